The third kappa shape index (κ3) is 6.14. The summed E-state index contributed by atoms with van der Waals surface area (Å²) in [5.74, 6) is 0. The summed E-state index contributed by atoms with van der Waals surface area (Å²) < 4.78 is 0. The lowest BCUT2D eigenvalue weighted by Crippen LogP contribution is -2.24. The van der Waals surface area contributed by atoms with Crippen molar-refractivity contribution in [1.82, 2.24) is 0 Å². The minimum absolute atomic E-state index is 0.0392. The first-order valence-corrected chi connectivity index (χ1v) is 23.9. The molecular formula is C63H52N2. The second-order valence-corrected chi connectivity index (χ2v) is 19.3. The highest BCUT2D eigenvalue weighted by Crippen LogP contribution is 2.52. The molecule has 13 rings (SSSR count). The second kappa shape index (κ2) is 15.0. The normalized spacial score (nSPS) is 16.2. The van der Waals surface area contributed by atoms with Gasteiger partial charge in [-0.05, 0) is 186 Å². The van der Waals surface area contributed by atoms with E-state index in [0.717, 1.165) is 51.6 Å². The Bertz CT molecular complexity index is 3470. The maximum atomic E-state index is 2.56. The molecule has 0 aromatic heterocycles. The number of para-hydroxylation sites is 2. The van der Waals surface area contributed by atoms with Crippen molar-refractivity contribution in [3.8, 4) is 33.4 Å². The van der Waals surface area contributed by atoms with Crippen molar-refractivity contribution in [2.24, 2.45) is 0 Å². The van der Waals surface area contributed by atoms with E-state index in [1.807, 2.05) is 0 Å². The molecular weight excluding hydrogens is 785 g/mol. The van der Waals surface area contributed by atoms with E-state index in [-0.39, 0.29) is 5.41 Å². The first kappa shape index (κ1) is 38.3. The Hall–Kier alpha value is -7.16. The number of anilines is 4. The number of nitrogens with zero attached hydrogens (tertiary/aromatic N) is 2. The fourth-order valence-corrected chi connectivity index (χ4v) is 12.1. The number of rotatable bonds is 5. The van der Waals surface area contributed by atoms with E-state index in [4.69, 9.17) is 0 Å². The molecule has 0 saturated heterocycles. The Kier molecular flexibility index (Phi) is 8.82. The molecule has 0 atom stereocenters. The van der Waals surface area contributed by atoms with Gasteiger partial charge in [0.2, 0.25) is 0 Å². The van der Waals surface area contributed by atoms with Crippen molar-refractivity contribution in [3.05, 3.63) is 210 Å². The summed E-state index contributed by atoms with van der Waals surface area (Å²) >= 11 is 0. The van der Waals surface area contributed by atoms with Crippen molar-refractivity contribution < 1.29 is 0 Å². The summed E-state index contributed by atoms with van der Waals surface area (Å²) in [6, 6.07) is 65.2. The van der Waals surface area contributed by atoms with Gasteiger partial charge in [-0.2, -0.15) is 0 Å². The molecule has 0 N–H and O–H groups in total. The molecule has 2 aliphatic heterocycles. The lowest BCUT2D eigenvalue weighted by Gasteiger charge is -2.32. The summed E-state index contributed by atoms with van der Waals surface area (Å²) in [7, 11) is 0. The smallest absolute Gasteiger partial charge is 0.0443 e. The Labute approximate surface area is 382 Å². The lowest BCUT2D eigenvalue weighted by atomic mass is 9.80. The van der Waals surface area contributed by atoms with Crippen molar-refractivity contribution in [2.45, 2.75) is 57.8 Å². The summed E-state index contributed by atoms with van der Waals surface area (Å²) in [5.41, 5.74) is 21.6. The molecule has 0 radical (unpaired) electrons. The van der Waals surface area contributed by atoms with Crippen LogP contribution in [0.2, 0.25) is 0 Å². The fraction of sp³-hybridized carbons (Fsp3) is 0.175. The minimum Gasteiger partial charge on any atom is -0.341 e. The Morgan fingerprint density at radius 2 is 1.02 bits per heavy atom. The quantitative estimate of drug-likeness (QED) is 0.159. The Balaban J connectivity index is 1.04. The minimum atomic E-state index is 0.0392. The highest BCUT2D eigenvalue weighted by Gasteiger charge is 2.37. The number of allylic oxidation sites excluding steroid dienone is 4. The SMILES string of the molecule is CC1(C)C2=C(CCC=C2)c2cc(-c3ccc(-c4c5ccc(N6CCCc7ccccc76)cc5c(-c5ccc6ccccc6c5)c5ccc(N6CCCc7ccccc76)cc45)cc3)ccc21. The van der Waals surface area contributed by atoms with E-state index in [9.17, 15) is 0 Å². The van der Waals surface area contributed by atoms with Crippen LogP contribution < -0.4 is 9.80 Å². The van der Waals surface area contributed by atoms with Gasteiger partial charge in [0.15, 0.2) is 0 Å². The van der Waals surface area contributed by atoms with Crippen LogP contribution in [0, 0.1) is 0 Å². The van der Waals surface area contributed by atoms with Gasteiger partial charge in [-0.3, -0.25) is 0 Å². The molecule has 0 spiro atoms. The summed E-state index contributed by atoms with van der Waals surface area (Å²) in [5, 5.41) is 7.66. The predicted molar refractivity (Wildman–Crippen MR) is 277 cm³/mol. The summed E-state index contributed by atoms with van der Waals surface area (Å²) in [4.78, 5) is 5.11. The molecule has 0 fully saturated rings. The van der Waals surface area contributed by atoms with Crippen LogP contribution in [-0.4, -0.2) is 13.1 Å². The van der Waals surface area contributed by atoms with Gasteiger partial charge < -0.3 is 9.80 Å². The maximum Gasteiger partial charge on any atom is 0.0443 e. The van der Waals surface area contributed by atoms with Crippen molar-refractivity contribution in [2.75, 3.05) is 22.9 Å². The molecule has 65 heavy (non-hydrogen) atoms. The van der Waals surface area contributed by atoms with Gasteiger partial charge >= 0.3 is 0 Å². The Morgan fingerprint density at radius 1 is 0.446 bits per heavy atom. The molecule has 314 valence electrons. The molecule has 2 aliphatic carbocycles. The van der Waals surface area contributed by atoms with Gasteiger partial charge in [0, 0.05) is 41.3 Å². The highest BCUT2D eigenvalue weighted by atomic mass is 15.1. The van der Waals surface area contributed by atoms with Gasteiger partial charge in [0.25, 0.3) is 0 Å². The molecule has 0 bridgehead atoms. The number of benzene rings is 9. The predicted octanol–water partition coefficient (Wildman–Crippen LogP) is 16.7. The van der Waals surface area contributed by atoms with Crippen molar-refractivity contribution in [1.29, 1.82) is 0 Å². The van der Waals surface area contributed by atoms with Crippen LogP contribution in [0.15, 0.2) is 188 Å². The monoisotopic (exact) mass is 836 g/mol. The number of fused-ring (bicyclic) bond motifs is 7. The number of hydrogen-bond donors (Lipinski definition) is 0. The van der Waals surface area contributed by atoms with Gasteiger partial charge in [0.05, 0.1) is 0 Å². The molecule has 2 nitrogen and oxygen atoms in total. The van der Waals surface area contributed by atoms with E-state index in [1.165, 1.54) is 122 Å². The molecule has 2 heteroatoms. The van der Waals surface area contributed by atoms with Gasteiger partial charge in [-0.1, -0.05) is 147 Å². The van der Waals surface area contributed by atoms with E-state index in [2.05, 4.69) is 206 Å². The van der Waals surface area contributed by atoms with Crippen LogP contribution in [0.5, 0.6) is 0 Å². The molecule has 0 amide bonds. The van der Waals surface area contributed by atoms with Crippen LogP contribution in [0.4, 0.5) is 22.7 Å². The van der Waals surface area contributed by atoms with Crippen LogP contribution >= 0.6 is 0 Å². The zero-order valence-corrected chi connectivity index (χ0v) is 37.4. The fourth-order valence-electron chi connectivity index (χ4n) is 12.1. The lowest BCUT2D eigenvalue weighted by molar-refractivity contribution is 0.651. The van der Waals surface area contributed by atoms with E-state index in [1.54, 1.807) is 0 Å². The largest absolute Gasteiger partial charge is 0.341 e. The molecule has 2 heterocycles. The van der Waals surface area contributed by atoms with Gasteiger partial charge in [-0.15, -0.1) is 0 Å². The average Bonchev–Trinajstić information content (AvgIpc) is 3.59. The first-order valence-electron chi connectivity index (χ1n) is 23.9. The Morgan fingerprint density at radius 3 is 1.69 bits per heavy atom. The van der Waals surface area contributed by atoms with Crippen LogP contribution in [0.3, 0.4) is 0 Å². The molecule has 0 unspecified atom stereocenters. The standard InChI is InChI=1S/C63H52N2/c1-63(2)57-20-8-7-19-51(57)54-38-47(29-34-58(54)63)42-23-26-45(27-24-42)61-52-32-30-50(65-36-12-18-44-15-6-10-22-60(44)65)40-56(52)62(48-28-25-41-13-3-4-16-46(41)37-48)53-33-31-49(39-55(53)61)64-35-11-17-43-14-5-9-21-59(43)64/h3-6,8-10,13-16,20-34,37-40H,7,11-12,17-19,35-36H2,1-2H3. The third-order valence-electron chi connectivity index (χ3n) is 15.3. The topological polar surface area (TPSA) is 6.48 Å². The van der Waals surface area contributed by atoms with E-state index >= 15 is 0 Å². The summed E-state index contributed by atoms with van der Waals surface area (Å²) in [6.45, 7) is 6.79. The van der Waals surface area contributed by atoms with Crippen molar-refractivity contribution in [3.63, 3.8) is 0 Å². The number of aryl methyl sites for hydroxylation is 2. The third-order valence-corrected chi connectivity index (χ3v) is 15.3. The van der Waals surface area contributed by atoms with Gasteiger partial charge in [-0.25, -0.2) is 0 Å². The van der Waals surface area contributed by atoms with E-state index < -0.39 is 0 Å². The average molecular weight is 837 g/mol. The zero-order chi connectivity index (χ0) is 43.2. The summed E-state index contributed by atoms with van der Waals surface area (Å²) in [6.07, 6.45) is 11.5. The molecule has 0 saturated carbocycles. The zero-order valence-electron chi connectivity index (χ0n) is 37.4. The van der Waals surface area contributed by atoms with Crippen LogP contribution in [0.25, 0.3) is 71.3 Å². The van der Waals surface area contributed by atoms with Gasteiger partial charge in [0.1, 0.15) is 0 Å². The first-order chi connectivity index (χ1) is 32.0. The van der Waals surface area contributed by atoms with E-state index in [0.29, 0.717) is 0 Å². The molecule has 9 aromatic rings. The van der Waals surface area contributed by atoms with Crippen molar-refractivity contribution >= 4 is 60.6 Å². The maximum absolute atomic E-state index is 2.56. The number of hydrogen-bond acceptors (Lipinski definition) is 2. The second-order valence-electron chi connectivity index (χ2n) is 19.3. The van der Waals surface area contributed by atoms with Crippen LogP contribution in [0.1, 0.15) is 61.8 Å². The molecule has 9 aromatic carbocycles. The highest BCUT2D eigenvalue weighted by molar-refractivity contribution is 6.23. The molecule has 4 aliphatic rings. The van der Waals surface area contributed by atoms with Crippen LogP contribution in [-0.2, 0) is 18.3 Å².